The number of hydrogen-bond donors (Lipinski definition) is 1. The summed E-state index contributed by atoms with van der Waals surface area (Å²) in [5.74, 6) is 2.63. The number of aliphatic hydroxyl groups excluding tert-OH is 1. The minimum atomic E-state index is -0.0168. The lowest BCUT2D eigenvalue weighted by Gasteiger charge is -2.29. The van der Waals surface area contributed by atoms with Crippen molar-refractivity contribution in [3.8, 4) is 11.5 Å². The molecular weight excluding hydrogens is 354 g/mol. The van der Waals surface area contributed by atoms with E-state index in [1.807, 2.05) is 36.2 Å². The first-order chi connectivity index (χ1) is 12.6. The summed E-state index contributed by atoms with van der Waals surface area (Å²) in [6.45, 7) is 0.439. The van der Waals surface area contributed by atoms with Crippen molar-refractivity contribution < 1.29 is 14.6 Å². The van der Waals surface area contributed by atoms with Crippen LogP contribution in [0.4, 0.5) is 5.82 Å². The van der Waals surface area contributed by atoms with Gasteiger partial charge in [-0.1, -0.05) is 25.0 Å². The van der Waals surface area contributed by atoms with Crippen LogP contribution in [0.3, 0.4) is 0 Å². The van der Waals surface area contributed by atoms with Gasteiger partial charge >= 0.3 is 0 Å². The van der Waals surface area contributed by atoms with Gasteiger partial charge in [0.05, 0.1) is 26.0 Å². The van der Waals surface area contributed by atoms with E-state index in [0.717, 1.165) is 17.7 Å². The molecule has 6 nitrogen and oxygen atoms in total. The molecule has 0 bridgehead atoms. The van der Waals surface area contributed by atoms with Crippen LogP contribution in [-0.2, 0) is 6.61 Å². The number of halogens is 1. The number of benzene rings is 1. The molecule has 3 rings (SSSR count). The van der Waals surface area contributed by atoms with Gasteiger partial charge in [-0.15, -0.1) is 0 Å². The lowest BCUT2D eigenvalue weighted by molar-refractivity contribution is 0.249. The SMILES string of the molecule is COc1ccc(COc2cnc(Cl)nc2N(C)C(CO)CC2CC2)cc1. The maximum Gasteiger partial charge on any atom is 0.224 e. The monoisotopic (exact) mass is 377 g/mol. The Morgan fingerprint density at radius 3 is 2.65 bits per heavy atom. The van der Waals surface area contributed by atoms with Gasteiger partial charge < -0.3 is 19.5 Å². The molecule has 26 heavy (non-hydrogen) atoms. The average Bonchev–Trinajstić information content (AvgIpc) is 3.49. The van der Waals surface area contributed by atoms with Crippen molar-refractivity contribution in [2.75, 3.05) is 25.7 Å². The molecule has 1 aliphatic carbocycles. The summed E-state index contributed by atoms with van der Waals surface area (Å²) in [5, 5.41) is 9.94. The number of likely N-dealkylation sites (N-methyl/N-ethyl adjacent to an activating group) is 1. The van der Waals surface area contributed by atoms with E-state index in [1.54, 1.807) is 13.3 Å². The zero-order chi connectivity index (χ0) is 18.5. The van der Waals surface area contributed by atoms with Gasteiger partial charge in [0, 0.05) is 7.05 Å². The molecule has 1 N–H and O–H groups in total. The second-order valence-electron chi connectivity index (χ2n) is 6.59. The Morgan fingerprint density at radius 2 is 2.04 bits per heavy atom. The molecule has 1 fully saturated rings. The number of methoxy groups -OCH3 is 1. The lowest BCUT2D eigenvalue weighted by atomic mass is 10.1. The molecule has 1 aromatic carbocycles. The summed E-state index contributed by atoms with van der Waals surface area (Å²) in [4.78, 5) is 10.3. The molecule has 140 valence electrons. The van der Waals surface area contributed by atoms with Gasteiger partial charge in [-0.3, -0.25) is 0 Å². The number of hydrogen-bond acceptors (Lipinski definition) is 6. The van der Waals surface area contributed by atoms with Crippen molar-refractivity contribution in [2.24, 2.45) is 5.92 Å². The number of nitrogens with zero attached hydrogens (tertiary/aromatic N) is 3. The van der Waals surface area contributed by atoms with Crippen LogP contribution in [0, 0.1) is 5.92 Å². The Bertz CT molecular complexity index is 722. The van der Waals surface area contributed by atoms with Crippen LogP contribution >= 0.6 is 11.6 Å². The third-order valence-corrected chi connectivity index (χ3v) is 4.84. The van der Waals surface area contributed by atoms with Gasteiger partial charge in [-0.25, -0.2) is 4.98 Å². The number of ether oxygens (including phenoxy) is 2. The average molecular weight is 378 g/mol. The summed E-state index contributed by atoms with van der Waals surface area (Å²) in [6.07, 6.45) is 4.98. The van der Waals surface area contributed by atoms with E-state index in [4.69, 9.17) is 21.1 Å². The Labute approximate surface area is 158 Å². The molecule has 7 heteroatoms. The van der Waals surface area contributed by atoms with Crippen LogP contribution in [0.1, 0.15) is 24.8 Å². The molecule has 0 amide bonds. The van der Waals surface area contributed by atoms with Crippen LogP contribution in [-0.4, -0.2) is 41.9 Å². The van der Waals surface area contributed by atoms with Gasteiger partial charge in [-0.05, 0) is 41.6 Å². The van der Waals surface area contributed by atoms with Gasteiger partial charge in [0.25, 0.3) is 0 Å². The topological polar surface area (TPSA) is 67.7 Å². The van der Waals surface area contributed by atoms with Crippen molar-refractivity contribution in [3.63, 3.8) is 0 Å². The Hall–Kier alpha value is -2.05. The van der Waals surface area contributed by atoms with Crippen molar-refractivity contribution in [2.45, 2.75) is 31.9 Å². The lowest BCUT2D eigenvalue weighted by Crippen LogP contribution is -2.36. The first-order valence-corrected chi connectivity index (χ1v) is 9.10. The normalized spacial score (nSPS) is 14.8. The van der Waals surface area contributed by atoms with E-state index in [0.29, 0.717) is 24.1 Å². The summed E-state index contributed by atoms with van der Waals surface area (Å²) >= 11 is 6.00. The number of aromatic nitrogens is 2. The molecule has 2 aromatic rings. The summed E-state index contributed by atoms with van der Waals surface area (Å²) < 4.78 is 11.1. The van der Waals surface area contributed by atoms with Crippen molar-refractivity contribution in [3.05, 3.63) is 41.3 Å². The number of aliphatic hydroxyl groups is 1. The Kier molecular flexibility index (Phi) is 6.16. The van der Waals surface area contributed by atoms with Crippen molar-refractivity contribution in [1.82, 2.24) is 9.97 Å². The second kappa shape index (κ2) is 8.56. The molecule has 1 atom stereocenters. The van der Waals surface area contributed by atoms with Gasteiger partial charge in [0.2, 0.25) is 5.28 Å². The van der Waals surface area contributed by atoms with Crippen molar-refractivity contribution in [1.29, 1.82) is 0 Å². The predicted molar refractivity (Wildman–Crippen MR) is 101 cm³/mol. The highest BCUT2D eigenvalue weighted by Gasteiger charge is 2.29. The Morgan fingerprint density at radius 1 is 1.31 bits per heavy atom. The fourth-order valence-electron chi connectivity index (χ4n) is 2.84. The fraction of sp³-hybridized carbons (Fsp3) is 0.474. The number of rotatable bonds is 9. The first-order valence-electron chi connectivity index (χ1n) is 8.72. The molecule has 1 aromatic heterocycles. The molecule has 0 saturated heterocycles. The summed E-state index contributed by atoms with van der Waals surface area (Å²) in [5.41, 5.74) is 1.01. The fourth-order valence-corrected chi connectivity index (χ4v) is 2.97. The first kappa shape index (κ1) is 18.7. The van der Waals surface area contributed by atoms with E-state index < -0.39 is 0 Å². The van der Waals surface area contributed by atoms with Crippen LogP contribution in [0.2, 0.25) is 5.28 Å². The molecule has 1 saturated carbocycles. The molecule has 1 heterocycles. The van der Waals surface area contributed by atoms with Crippen LogP contribution in [0.5, 0.6) is 11.5 Å². The quantitative estimate of drug-likeness (QED) is 0.676. The van der Waals surface area contributed by atoms with E-state index in [1.165, 1.54) is 12.8 Å². The molecule has 0 aliphatic heterocycles. The number of anilines is 1. The van der Waals surface area contributed by atoms with Crippen LogP contribution < -0.4 is 14.4 Å². The van der Waals surface area contributed by atoms with E-state index in [-0.39, 0.29) is 17.9 Å². The van der Waals surface area contributed by atoms with E-state index in [9.17, 15) is 5.11 Å². The third-order valence-electron chi connectivity index (χ3n) is 4.66. The molecule has 1 unspecified atom stereocenters. The Balaban J connectivity index is 1.73. The van der Waals surface area contributed by atoms with Crippen molar-refractivity contribution >= 4 is 17.4 Å². The largest absolute Gasteiger partial charge is 0.497 e. The summed E-state index contributed by atoms with van der Waals surface area (Å²) in [6, 6.07) is 7.66. The second-order valence-corrected chi connectivity index (χ2v) is 6.93. The third kappa shape index (κ3) is 4.77. The zero-order valence-corrected chi connectivity index (χ0v) is 15.8. The van der Waals surface area contributed by atoms with Gasteiger partial charge in [0.15, 0.2) is 11.6 Å². The highest BCUT2D eigenvalue weighted by molar-refractivity contribution is 6.28. The van der Waals surface area contributed by atoms with Crippen LogP contribution in [0.25, 0.3) is 0 Å². The molecule has 0 radical (unpaired) electrons. The predicted octanol–water partition coefficient (Wildman–Crippen LogP) is 3.31. The molecule has 1 aliphatic rings. The van der Waals surface area contributed by atoms with Gasteiger partial charge in [0.1, 0.15) is 12.4 Å². The minimum Gasteiger partial charge on any atom is -0.497 e. The summed E-state index contributed by atoms with van der Waals surface area (Å²) in [7, 11) is 3.54. The maximum atomic E-state index is 9.78. The molecule has 0 spiro atoms. The maximum absolute atomic E-state index is 9.78. The minimum absolute atomic E-state index is 0.0168. The van der Waals surface area contributed by atoms with Crippen LogP contribution in [0.15, 0.2) is 30.5 Å². The van der Waals surface area contributed by atoms with E-state index >= 15 is 0 Å². The highest BCUT2D eigenvalue weighted by Crippen LogP contribution is 2.36. The smallest absolute Gasteiger partial charge is 0.224 e. The standard InChI is InChI=1S/C19H24ClN3O3/c1-23(15(11-24)9-13-3-4-13)18-17(10-21-19(20)22-18)26-12-14-5-7-16(25-2)8-6-14/h5-8,10,13,15,24H,3-4,9,11-12H2,1-2H3. The van der Waals surface area contributed by atoms with E-state index in [2.05, 4.69) is 9.97 Å². The zero-order valence-electron chi connectivity index (χ0n) is 15.1. The highest BCUT2D eigenvalue weighted by atomic mass is 35.5. The molecular formula is C19H24ClN3O3. The van der Waals surface area contributed by atoms with Gasteiger partial charge in [-0.2, -0.15) is 4.98 Å².